The van der Waals surface area contributed by atoms with Gasteiger partial charge in [-0.05, 0) is 18.2 Å². The van der Waals surface area contributed by atoms with Gasteiger partial charge in [0.1, 0.15) is 0 Å². The van der Waals surface area contributed by atoms with Crippen LogP contribution in [0.4, 0.5) is 11.4 Å². The first-order chi connectivity index (χ1) is 10.0. The molecule has 0 saturated carbocycles. The summed E-state index contributed by atoms with van der Waals surface area (Å²) in [6.07, 6.45) is 1.56. The number of nitrogens with one attached hydrogen (secondary N) is 1. The monoisotopic (exact) mass is 308 g/mol. The van der Waals surface area contributed by atoms with Gasteiger partial charge in [-0.2, -0.15) is 0 Å². The second kappa shape index (κ2) is 6.55. The van der Waals surface area contributed by atoms with E-state index in [1.807, 2.05) is 25.1 Å². The third-order valence-electron chi connectivity index (χ3n) is 2.82. The Morgan fingerprint density at radius 3 is 2.90 bits per heavy atom. The van der Waals surface area contributed by atoms with Crippen molar-refractivity contribution in [3.8, 4) is 0 Å². The molecule has 0 radical (unpaired) electrons. The minimum atomic E-state index is -0.344. The Morgan fingerprint density at radius 1 is 1.48 bits per heavy atom. The van der Waals surface area contributed by atoms with Gasteiger partial charge in [0.15, 0.2) is 5.69 Å². The zero-order chi connectivity index (χ0) is 15.4. The van der Waals surface area contributed by atoms with Gasteiger partial charge in [0.2, 0.25) is 0 Å². The van der Waals surface area contributed by atoms with Crippen LogP contribution >= 0.6 is 11.6 Å². The van der Waals surface area contributed by atoms with Crippen molar-refractivity contribution in [3.05, 3.63) is 35.1 Å². The van der Waals surface area contributed by atoms with E-state index in [-0.39, 0.29) is 11.6 Å². The maximum absolute atomic E-state index is 12.2. The highest BCUT2D eigenvalue weighted by atomic mass is 35.5. The first-order valence-electron chi connectivity index (χ1n) is 6.39. The molecule has 8 heteroatoms. The number of nitrogens with two attached hydrogens (primary N) is 1. The minimum Gasteiger partial charge on any atom is -0.376 e. The molecule has 0 saturated heterocycles. The maximum atomic E-state index is 12.2. The normalized spacial score (nSPS) is 10.5. The molecule has 2 aromatic rings. The van der Waals surface area contributed by atoms with Gasteiger partial charge in [0.05, 0.1) is 24.1 Å². The average Bonchev–Trinajstić information content (AvgIpc) is 2.87. The third kappa shape index (κ3) is 3.71. The van der Waals surface area contributed by atoms with E-state index in [4.69, 9.17) is 17.3 Å². The number of rotatable bonds is 5. The minimum absolute atomic E-state index is 0.230. The van der Waals surface area contributed by atoms with Crippen molar-refractivity contribution in [2.24, 2.45) is 5.73 Å². The number of anilines is 2. The fourth-order valence-corrected chi connectivity index (χ4v) is 2.00. The van der Waals surface area contributed by atoms with Crippen molar-refractivity contribution in [1.82, 2.24) is 15.0 Å². The van der Waals surface area contributed by atoms with E-state index in [1.54, 1.807) is 18.3 Å². The number of benzene rings is 1. The summed E-state index contributed by atoms with van der Waals surface area (Å²) in [4.78, 5) is 14.1. The molecule has 0 unspecified atom stereocenters. The summed E-state index contributed by atoms with van der Waals surface area (Å²) in [6, 6.07) is 5.30. The Morgan fingerprint density at radius 2 is 2.24 bits per heavy atom. The number of carbonyl (C=O) groups excluding carboxylic acids is 1. The second-order valence-electron chi connectivity index (χ2n) is 4.67. The molecule has 1 aromatic carbocycles. The van der Waals surface area contributed by atoms with E-state index in [0.717, 1.165) is 5.69 Å². The first kappa shape index (κ1) is 15.3. The smallest absolute Gasteiger partial charge is 0.277 e. The number of carbonyl (C=O) groups is 1. The lowest BCUT2D eigenvalue weighted by molar-refractivity contribution is 0.102. The molecule has 1 aromatic heterocycles. The Balaban J connectivity index is 2.20. The predicted molar refractivity (Wildman–Crippen MR) is 82.8 cm³/mol. The van der Waals surface area contributed by atoms with Gasteiger partial charge < -0.3 is 16.0 Å². The van der Waals surface area contributed by atoms with Gasteiger partial charge >= 0.3 is 0 Å². The standard InChI is InChI=1S/C13H17ClN6O/c1-19(2)12-4-3-9(14)7-10(12)16-13(21)11-8-20(6-5-15)18-17-11/h3-4,7-8H,5-6,15H2,1-2H3,(H,16,21). The van der Waals surface area contributed by atoms with Crippen LogP contribution in [0.2, 0.25) is 5.02 Å². The van der Waals surface area contributed by atoms with Crippen molar-refractivity contribution < 1.29 is 4.79 Å². The molecular weight excluding hydrogens is 292 g/mol. The lowest BCUT2D eigenvalue weighted by atomic mass is 10.2. The van der Waals surface area contributed by atoms with E-state index in [1.165, 1.54) is 4.68 Å². The zero-order valence-corrected chi connectivity index (χ0v) is 12.6. The first-order valence-corrected chi connectivity index (χ1v) is 6.77. The number of amides is 1. The molecule has 1 heterocycles. The highest BCUT2D eigenvalue weighted by Gasteiger charge is 2.14. The summed E-state index contributed by atoms with van der Waals surface area (Å²) in [5.41, 5.74) is 7.13. The molecule has 0 fully saturated rings. The molecular formula is C13H17ClN6O. The van der Waals surface area contributed by atoms with Crippen LogP contribution in [0.15, 0.2) is 24.4 Å². The molecule has 0 atom stereocenters. The summed E-state index contributed by atoms with van der Waals surface area (Å²) in [5, 5.41) is 11.0. The predicted octanol–water partition coefficient (Wildman–Crippen LogP) is 1.21. The van der Waals surface area contributed by atoms with Crippen molar-refractivity contribution in [2.75, 3.05) is 30.9 Å². The molecule has 0 spiro atoms. The number of aromatic nitrogens is 3. The van der Waals surface area contributed by atoms with Crippen LogP contribution in [0.25, 0.3) is 0 Å². The van der Waals surface area contributed by atoms with Crippen molar-refractivity contribution >= 4 is 28.9 Å². The van der Waals surface area contributed by atoms with Gasteiger partial charge in [0.25, 0.3) is 5.91 Å². The molecule has 7 nitrogen and oxygen atoms in total. The number of hydrogen-bond acceptors (Lipinski definition) is 5. The van der Waals surface area contributed by atoms with Crippen LogP contribution < -0.4 is 16.0 Å². The van der Waals surface area contributed by atoms with Crippen molar-refractivity contribution in [1.29, 1.82) is 0 Å². The molecule has 1 amide bonds. The summed E-state index contributed by atoms with van der Waals surface area (Å²) >= 11 is 5.98. The molecule has 0 aliphatic heterocycles. The summed E-state index contributed by atoms with van der Waals surface area (Å²) in [6.45, 7) is 0.948. The van der Waals surface area contributed by atoms with Gasteiger partial charge in [-0.15, -0.1) is 5.10 Å². The van der Waals surface area contributed by atoms with Gasteiger partial charge in [-0.25, -0.2) is 0 Å². The Bertz CT molecular complexity index is 639. The summed E-state index contributed by atoms with van der Waals surface area (Å²) < 4.78 is 1.53. The molecule has 0 aliphatic carbocycles. The number of hydrogen-bond donors (Lipinski definition) is 2. The SMILES string of the molecule is CN(C)c1ccc(Cl)cc1NC(=O)c1cn(CCN)nn1. The topological polar surface area (TPSA) is 89.1 Å². The molecule has 2 rings (SSSR count). The van der Waals surface area contributed by atoms with Crippen molar-refractivity contribution in [2.45, 2.75) is 6.54 Å². The molecule has 112 valence electrons. The molecule has 3 N–H and O–H groups in total. The Kier molecular flexibility index (Phi) is 4.77. The largest absolute Gasteiger partial charge is 0.376 e. The van der Waals surface area contributed by atoms with E-state index >= 15 is 0 Å². The Hall–Kier alpha value is -2.12. The van der Waals surface area contributed by atoms with Gasteiger partial charge in [0, 0.05) is 25.7 Å². The quantitative estimate of drug-likeness (QED) is 0.866. The van der Waals surface area contributed by atoms with E-state index in [9.17, 15) is 4.79 Å². The lowest BCUT2D eigenvalue weighted by Crippen LogP contribution is -2.17. The van der Waals surface area contributed by atoms with Crippen LogP contribution in [0, 0.1) is 0 Å². The molecule has 0 bridgehead atoms. The number of halogens is 1. The van der Waals surface area contributed by atoms with E-state index in [2.05, 4.69) is 15.6 Å². The van der Waals surface area contributed by atoms with E-state index < -0.39 is 0 Å². The highest BCUT2D eigenvalue weighted by molar-refractivity contribution is 6.31. The molecule has 0 aliphatic rings. The molecule has 21 heavy (non-hydrogen) atoms. The highest BCUT2D eigenvalue weighted by Crippen LogP contribution is 2.28. The van der Waals surface area contributed by atoms with Crippen LogP contribution in [0.5, 0.6) is 0 Å². The third-order valence-corrected chi connectivity index (χ3v) is 3.05. The fourth-order valence-electron chi connectivity index (χ4n) is 1.83. The fraction of sp³-hybridized carbons (Fsp3) is 0.308. The van der Waals surface area contributed by atoms with Gasteiger partial charge in [-0.1, -0.05) is 16.8 Å². The van der Waals surface area contributed by atoms with Crippen LogP contribution in [0.3, 0.4) is 0 Å². The lowest BCUT2D eigenvalue weighted by Gasteiger charge is -2.17. The summed E-state index contributed by atoms with van der Waals surface area (Å²) in [7, 11) is 3.77. The van der Waals surface area contributed by atoms with E-state index in [0.29, 0.717) is 23.8 Å². The van der Waals surface area contributed by atoms with Crippen LogP contribution in [-0.4, -0.2) is 41.5 Å². The van der Waals surface area contributed by atoms with Crippen molar-refractivity contribution in [3.63, 3.8) is 0 Å². The average molecular weight is 309 g/mol. The second-order valence-corrected chi connectivity index (χ2v) is 5.10. The van der Waals surface area contributed by atoms with Crippen LogP contribution in [0.1, 0.15) is 10.5 Å². The maximum Gasteiger partial charge on any atom is 0.277 e. The Labute approximate surface area is 127 Å². The van der Waals surface area contributed by atoms with Crippen LogP contribution in [-0.2, 0) is 6.54 Å². The van der Waals surface area contributed by atoms with Gasteiger partial charge in [-0.3, -0.25) is 9.48 Å². The number of nitrogens with zero attached hydrogens (tertiary/aromatic N) is 4. The zero-order valence-electron chi connectivity index (χ0n) is 11.9. The summed E-state index contributed by atoms with van der Waals surface area (Å²) in [5.74, 6) is -0.344.